The highest BCUT2D eigenvalue weighted by molar-refractivity contribution is 9.10. The quantitative estimate of drug-likeness (QED) is 0.795. The number of nitrogens with zero attached hydrogens (tertiary/aromatic N) is 1. The standard InChI is InChI=1S/C13H8BrClFNO/c14-9-4-8(5-10(16)7-9)6-12(18)13-11(15)2-1-3-17-13/h1-5,7H,6H2. The summed E-state index contributed by atoms with van der Waals surface area (Å²) >= 11 is 9.06. The van der Waals surface area contributed by atoms with Gasteiger partial charge in [0.15, 0.2) is 5.78 Å². The summed E-state index contributed by atoms with van der Waals surface area (Å²) < 4.78 is 13.8. The molecule has 92 valence electrons. The van der Waals surface area contributed by atoms with Crippen LogP contribution in [0.15, 0.2) is 41.0 Å². The first-order chi connectivity index (χ1) is 8.56. The summed E-state index contributed by atoms with van der Waals surface area (Å²) in [6, 6.07) is 7.60. The van der Waals surface area contributed by atoms with E-state index in [1.54, 1.807) is 18.2 Å². The molecule has 0 saturated carbocycles. The number of carbonyl (C=O) groups is 1. The van der Waals surface area contributed by atoms with Crippen molar-refractivity contribution in [3.63, 3.8) is 0 Å². The number of hydrogen-bond acceptors (Lipinski definition) is 2. The van der Waals surface area contributed by atoms with E-state index in [-0.39, 0.29) is 23.7 Å². The second-order valence-electron chi connectivity index (χ2n) is 3.71. The molecule has 2 aromatic rings. The SMILES string of the molecule is O=C(Cc1cc(F)cc(Br)c1)c1ncccc1Cl. The second-order valence-corrected chi connectivity index (χ2v) is 5.03. The van der Waals surface area contributed by atoms with Crippen LogP contribution in [0.25, 0.3) is 0 Å². The number of carbonyl (C=O) groups excluding carboxylic acids is 1. The summed E-state index contributed by atoms with van der Waals surface area (Å²) in [5, 5.41) is 0.304. The third-order valence-corrected chi connectivity index (χ3v) is 3.07. The number of ketones is 1. The fraction of sp³-hybridized carbons (Fsp3) is 0.0769. The van der Waals surface area contributed by atoms with Crippen molar-refractivity contribution >= 4 is 33.3 Å². The van der Waals surface area contributed by atoms with Crippen LogP contribution in [0, 0.1) is 5.82 Å². The van der Waals surface area contributed by atoms with E-state index in [1.165, 1.54) is 18.3 Å². The largest absolute Gasteiger partial charge is 0.292 e. The lowest BCUT2D eigenvalue weighted by atomic mass is 10.1. The highest BCUT2D eigenvalue weighted by Gasteiger charge is 2.13. The van der Waals surface area contributed by atoms with Gasteiger partial charge in [0.2, 0.25) is 0 Å². The lowest BCUT2D eigenvalue weighted by Gasteiger charge is -2.03. The smallest absolute Gasteiger partial charge is 0.187 e. The van der Waals surface area contributed by atoms with Gasteiger partial charge >= 0.3 is 0 Å². The van der Waals surface area contributed by atoms with Crippen molar-refractivity contribution in [2.45, 2.75) is 6.42 Å². The fourth-order valence-corrected chi connectivity index (χ4v) is 2.31. The molecule has 0 fully saturated rings. The van der Waals surface area contributed by atoms with Crippen LogP contribution in [0.4, 0.5) is 4.39 Å². The summed E-state index contributed by atoms with van der Waals surface area (Å²) in [4.78, 5) is 15.9. The molecule has 0 radical (unpaired) electrons. The van der Waals surface area contributed by atoms with Crippen LogP contribution < -0.4 is 0 Å². The Morgan fingerprint density at radius 2 is 2.17 bits per heavy atom. The van der Waals surface area contributed by atoms with Crippen molar-refractivity contribution in [3.8, 4) is 0 Å². The normalized spacial score (nSPS) is 10.4. The number of benzene rings is 1. The van der Waals surface area contributed by atoms with Crippen LogP contribution in [0.1, 0.15) is 16.1 Å². The van der Waals surface area contributed by atoms with Gasteiger partial charge < -0.3 is 0 Å². The number of Topliss-reactive ketones (excluding diaryl/α,β-unsaturated/α-hetero) is 1. The predicted octanol–water partition coefficient (Wildman–Crippen LogP) is 4.06. The maximum Gasteiger partial charge on any atom is 0.187 e. The molecule has 0 unspecified atom stereocenters. The highest BCUT2D eigenvalue weighted by Crippen LogP contribution is 2.18. The minimum absolute atomic E-state index is 0.0626. The van der Waals surface area contributed by atoms with Crippen molar-refractivity contribution in [2.24, 2.45) is 0 Å². The number of rotatable bonds is 3. The molecule has 2 nitrogen and oxygen atoms in total. The monoisotopic (exact) mass is 327 g/mol. The average Bonchev–Trinajstić information content (AvgIpc) is 2.27. The van der Waals surface area contributed by atoms with Gasteiger partial charge in [0.05, 0.1) is 5.02 Å². The maximum absolute atomic E-state index is 13.2. The van der Waals surface area contributed by atoms with E-state index in [0.717, 1.165) is 0 Å². The van der Waals surface area contributed by atoms with Crippen LogP contribution in [0.5, 0.6) is 0 Å². The third-order valence-electron chi connectivity index (χ3n) is 2.31. The van der Waals surface area contributed by atoms with Crippen LogP contribution in [-0.2, 0) is 6.42 Å². The van der Waals surface area contributed by atoms with Crippen molar-refractivity contribution in [2.75, 3.05) is 0 Å². The van der Waals surface area contributed by atoms with Crippen molar-refractivity contribution < 1.29 is 9.18 Å². The number of pyridine rings is 1. The zero-order chi connectivity index (χ0) is 13.1. The number of halogens is 3. The molecule has 18 heavy (non-hydrogen) atoms. The summed E-state index contributed by atoms with van der Waals surface area (Å²) in [7, 11) is 0. The Kier molecular flexibility index (Phi) is 4.09. The van der Waals surface area contributed by atoms with Crippen LogP contribution >= 0.6 is 27.5 Å². The lowest BCUT2D eigenvalue weighted by molar-refractivity contribution is 0.0988. The first-order valence-corrected chi connectivity index (χ1v) is 6.32. The molecule has 1 heterocycles. The highest BCUT2D eigenvalue weighted by atomic mass is 79.9. The van der Waals surface area contributed by atoms with Gasteiger partial charge in [-0.2, -0.15) is 0 Å². The van der Waals surface area contributed by atoms with Gasteiger partial charge in [-0.1, -0.05) is 27.5 Å². The van der Waals surface area contributed by atoms with Crippen molar-refractivity contribution in [1.82, 2.24) is 4.98 Å². The fourth-order valence-electron chi connectivity index (χ4n) is 1.57. The molecule has 0 spiro atoms. The Bertz CT molecular complexity index is 583. The molecule has 0 aliphatic carbocycles. The van der Waals surface area contributed by atoms with E-state index < -0.39 is 0 Å². The third kappa shape index (κ3) is 3.15. The first-order valence-electron chi connectivity index (χ1n) is 5.15. The first kappa shape index (κ1) is 13.2. The maximum atomic E-state index is 13.2. The minimum Gasteiger partial charge on any atom is -0.292 e. The van der Waals surface area contributed by atoms with E-state index in [9.17, 15) is 9.18 Å². The van der Waals surface area contributed by atoms with Gasteiger partial charge in [-0.05, 0) is 35.9 Å². The van der Waals surface area contributed by atoms with Gasteiger partial charge in [-0.25, -0.2) is 4.39 Å². The van der Waals surface area contributed by atoms with Gasteiger partial charge in [-0.15, -0.1) is 0 Å². The topological polar surface area (TPSA) is 30.0 Å². The zero-order valence-electron chi connectivity index (χ0n) is 9.16. The Balaban J connectivity index is 2.24. The van der Waals surface area contributed by atoms with Gasteiger partial charge in [0, 0.05) is 17.1 Å². The predicted molar refractivity (Wildman–Crippen MR) is 71.4 cm³/mol. The summed E-state index contributed by atoms with van der Waals surface area (Å²) in [5.74, 6) is -0.627. The molecule has 2 rings (SSSR count). The van der Waals surface area contributed by atoms with E-state index >= 15 is 0 Å². The van der Waals surface area contributed by atoms with Crippen LogP contribution in [-0.4, -0.2) is 10.8 Å². The summed E-state index contributed by atoms with van der Waals surface area (Å²) in [5.41, 5.74) is 0.785. The Morgan fingerprint density at radius 3 is 2.83 bits per heavy atom. The molecule has 0 aliphatic rings. The minimum atomic E-state index is -0.390. The van der Waals surface area contributed by atoms with Crippen LogP contribution in [0.2, 0.25) is 5.02 Å². The molecule has 1 aromatic heterocycles. The molecule has 0 bridgehead atoms. The number of aromatic nitrogens is 1. The molecule has 0 saturated heterocycles. The van der Waals surface area contributed by atoms with Gasteiger partial charge in [0.25, 0.3) is 0 Å². The van der Waals surface area contributed by atoms with E-state index in [4.69, 9.17) is 11.6 Å². The molecule has 0 aliphatic heterocycles. The molecule has 1 aromatic carbocycles. The molecule has 0 N–H and O–H groups in total. The van der Waals surface area contributed by atoms with Gasteiger partial charge in [0.1, 0.15) is 11.5 Å². The summed E-state index contributed by atoms with van der Waals surface area (Å²) in [6.45, 7) is 0. The van der Waals surface area contributed by atoms with Crippen LogP contribution in [0.3, 0.4) is 0 Å². The Hall–Kier alpha value is -1.26. The van der Waals surface area contributed by atoms with E-state index in [2.05, 4.69) is 20.9 Å². The van der Waals surface area contributed by atoms with E-state index in [0.29, 0.717) is 15.1 Å². The van der Waals surface area contributed by atoms with Crippen molar-refractivity contribution in [1.29, 1.82) is 0 Å². The molecule has 5 heteroatoms. The van der Waals surface area contributed by atoms with Gasteiger partial charge in [-0.3, -0.25) is 9.78 Å². The summed E-state index contributed by atoms with van der Waals surface area (Å²) in [6.07, 6.45) is 1.56. The second kappa shape index (κ2) is 5.59. The number of hydrogen-bond donors (Lipinski definition) is 0. The molecule has 0 amide bonds. The molecular formula is C13H8BrClFNO. The van der Waals surface area contributed by atoms with E-state index in [1.807, 2.05) is 0 Å². The Morgan fingerprint density at radius 1 is 1.39 bits per heavy atom. The van der Waals surface area contributed by atoms with Crippen molar-refractivity contribution in [3.05, 3.63) is 63.1 Å². The zero-order valence-corrected chi connectivity index (χ0v) is 11.5. The Labute approximate surface area is 117 Å². The lowest BCUT2D eigenvalue weighted by Crippen LogP contribution is -2.06. The average molecular weight is 329 g/mol. The molecule has 0 atom stereocenters. The molecular weight excluding hydrogens is 321 g/mol.